The van der Waals surface area contributed by atoms with Gasteiger partial charge in [-0.1, -0.05) is 36.4 Å². The molecule has 0 saturated carbocycles. The third kappa shape index (κ3) is 5.60. The molecule has 4 rings (SSSR count). The van der Waals surface area contributed by atoms with E-state index in [0.29, 0.717) is 30.4 Å². The molecule has 1 heterocycles. The number of hydrogen-bond donors (Lipinski definition) is 1. The van der Waals surface area contributed by atoms with Gasteiger partial charge in [-0.15, -0.1) is 0 Å². The summed E-state index contributed by atoms with van der Waals surface area (Å²) in [6.07, 6.45) is 1.20. The van der Waals surface area contributed by atoms with Crippen LogP contribution in [0.25, 0.3) is 0 Å². The van der Waals surface area contributed by atoms with Gasteiger partial charge in [-0.3, -0.25) is 0 Å². The zero-order valence-electron chi connectivity index (χ0n) is 18.5. The van der Waals surface area contributed by atoms with Gasteiger partial charge in [-0.25, -0.2) is 4.98 Å². The highest BCUT2D eigenvalue weighted by Crippen LogP contribution is 2.19. The van der Waals surface area contributed by atoms with Crippen molar-refractivity contribution in [2.75, 3.05) is 19.5 Å². The Kier molecular flexibility index (Phi) is 6.60. The Labute approximate surface area is 188 Å². The molecule has 162 valence electrons. The second-order valence-corrected chi connectivity index (χ2v) is 7.54. The SMILES string of the molecule is COc1ccc(Cc2nc(Cc3ccc(OC)cc3)nc(Nc3cccc(C)c3)n2)cc1. The smallest absolute Gasteiger partial charge is 0.230 e. The second kappa shape index (κ2) is 9.92. The van der Waals surface area contributed by atoms with E-state index in [-0.39, 0.29) is 0 Å². The third-order valence-electron chi connectivity index (χ3n) is 5.04. The van der Waals surface area contributed by atoms with Gasteiger partial charge in [-0.05, 0) is 60.0 Å². The molecular weight excluding hydrogens is 400 g/mol. The molecule has 0 atom stereocenters. The average molecular weight is 427 g/mol. The zero-order valence-corrected chi connectivity index (χ0v) is 18.5. The van der Waals surface area contributed by atoms with Crippen molar-refractivity contribution < 1.29 is 9.47 Å². The molecule has 0 fully saturated rings. The van der Waals surface area contributed by atoms with Crippen LogP contribution in [0, 0.1) is 6.92 Å². The largest absolute Gasteiger partial charge is 0.497 e. The van der Waals surface area contributed by atoms with E-state index in [9.17, 15) is 0 Å². The van der Waals surface area contributed by atoms with E-state index in [1.165, 1.54) is 5.56 Å². The molecule has 32 heavy (non-hydrogen) atoms. The molecule has 0 spiro atoms. The molecule has 0 aliphatic rings. The summed E-state index contributed by atoms with van der Waals surface area (Å²) in [6, 6.07) is 24.0. The first kappa shape index (κ1) is 21.3. The molecule has 1 N–H and O–H groups in total. The minimum atomic E-state index is 0.539. The Morgan fingerprint density at radius 3 is 1.69 bits per heavy atom. The molecule has 6 nitrogen and oxygen atoms in total. The Bertz CT molecular complexity index is 1110. The lowest BCUT2D eigenvalue weighted by atomic mass is 10.1. The first-order valence-electron chi connectivity index (χ1n) is 10.4. The van der Waals surface area contributed by atoms with Crippen LogP contribution in [-0.4, -0.2) is 29.2 Å². The topological polar surface area (TPSA) is 69.2 Å². The summed E-state index contributed by atoms with van der Waals surface area (Å²) in [5, 5.41) is 3.33. The van der Waals surface area contributed by atoms with Crippen LogP contribution in [0.3, 0.4) is 0 Å². The molecule has 0 saturated heterocycles. The van der Waals surface area contributed by atoms with Gasteiger partial charge < -0.3 is 14.8 Å². The predicted octanol–water partition coefficient (Wildman–Crippen LogP) is 5.12. The lowest BCUT2D eigenvalue weighted by Gasteiger charge is -2.10. The highest BCUT2D eigenvalue weighted by molar-refractivity contribution is 5.54. The van der Waals surface area contributed by atoms with Gasteiger partial charge in [-0.2, -0.15) is 9.97 Å². The first-order valence-corrected chi connectivity index (χ1v) is 10.4. The highest BCUT2D eigenvalue weighted by Gasteiger charge is 2.10. The number of anilines is 2. The normalized spacial score (nSPS) is 10.6. The van der Waals surface area contributed by atoms with Crippen molar-refractivity contribution >= 4 is 11.6 Å². The fraction of sp³-hybridized carbons (Fsp3) is 0.192. The maximum atomic E-state index is 5.26. The van der Waals surface area contributed by atoms with Gasteiger partial charge in [0, 0.05) is 18.5 Å². The number of ether oxygens (including phenoxy) is 2. The molecule has 3 aromatic carbocycles. The van der Waals surface area contributed by atoms with Crippen LogP contribution in [-0.2, 0) is 12.8 Å². The van der Waals surface area contributed by atoms with Crippen molar-refractivity contribution in [3.05, 3.63) is 101 Å². The molecule has 6 heteroatoms. The van der Waals surface area contributed by atoms with Gasteiger partial charge in [0.05, 0.1) is 14.2 Å². The van der Waals surface area contributed by atoms with Crippen LogP contribution in [0.2, 0.25) is 0 Å². The zero-order chi connectivity index (χ0) is 22.3. The minimum absolute atomic E-state index is 0.539. The Hall–Kier alpha value is -3.93. The summed E-state index contributed by atoms with van der Waals surface area (Å²) < 4.78 is 10.5. The minimum Gasteiger partial charge on any atom is -0.497 e. The predicted molar refractivity (Wildman–Crippen MR) is 126 cm³/mol. The molecule has 0 amide bonds. The summed E-state index contributed by atoms with van der Waals surface area (Å²) >= 11 is 0. The Balaban J connectivity index is 1.62. The van der Waals surface area contributed by atoms with Crippen molar-refractivity contribution in [1.82, 2.24) is 15.0 Å². The van der Waals surface area contributed by atoms with Crippen LogP contribution in [0.4, 0.5) is 11.6 Å². The number of hydrogen-bond acceptors (Lipinski definition) is 6. The number of aryl methyl sites for hydroxylation is 1. The highest BCUT2D eigenvalue weighted by atomic mass is 16.5. The summed E-state index contributed by atoms with van der Waals surface area (Å²) in [4.78, 5) is 14.1. The molecule has 0 radical (unpaired) electrons. The quantitative estimate of drug-likeness (QED) is 0.422. The van der Waals surface area contributed by atoms with Gasteiger partial charge in [0.2, 0.25) is 5.95 Å². The van der Waals surface area contributed by atoms with E-state index in [0.717, 1.165) is 28.3 Å². The maximum Gasteiger partial charge on any atom is 0.230 e. The summed E-state index contributed by atoms with van der Waals surface area (Å²) in [7, 11) is 3.32. The molecule has 0 bridgehead atoms. The van der Waals surface area contributed by atoms with Crippen LogP contribution < -0.4 is 14.8 Å². The van der Waals surface area contributed by atoms with Crippen LogP contribution in [0.1, 0.15) is 28.3 Å². The molecule has 0 unspecified atom stereocenters. The fourth-order valence-corrected chi connectivity index (χ4v) is 3.39. The molecule has 0 aliphatic carbocycles. The van der Waals surface area contributed by atoms with Gasteiger partial charge in [0.25, 0.3) is 0 Å². The van der Waals surface area contributed by atoms with Crippen molar-refractivity contribution in [2.24, 2.45) is 0 Å². The van der Waals surface area contributed by atoms with Gasteiger partial charge >= 0.3 is 0 Å². The lowest BCUT2D eigenvalue weighted by Crippen LogP contribution is -2.09. The molecule has 0 aliphatic heterocycles. The molecule has 4 aromatic rings. The summed E-state index contributed by atoms with van der Waals surface area (Å²) in [5.41, 5.74) is 4.32. The number of benzene rings is 3. The van der Waals surface area contributed by atoms with E-state index in [2.05, 4.69) is 34.3 Å². The lowest BCUT2D eigenvalue weighted by molar-refractivity contribution is 0.414. The molecule has 1 aromatic heterocycles. The van der Waals surface area contributed by atoms with Crippen LogP contribution in [0.15, 0.2) is 72.8 Å². The average Bonchev–Trinajstić information content (AvgIpc) is 2.80. The van der Waals surface area contributed by atoms with Crippen LogP contribution >= 0.6 is 0 Å². The van der Waals surface area contributed by atoms with Gasteiger partial charge in [0.15, 0.2) is 0 Å². The summed E-state index contributed by atoms with van der Waals surface area (Å²) in [5.74, 6) is 3.61. The second-order valence-electron chi connectivity index (χ2n) is 7.54. The van der Waals surface area contributed by atoms with Crippen molar-refractivity contribution in [3.8, 4) is 11.5 Å². The van der Waals surface area contributed by atoms with Crippen molar-refractivity contribution in [3.63, 3.8) is 0 Å². The number of nitrogens with zero attached hydrogens (tertiary/aromatic N) is 3. The molecular formula is C26H26N4O2. The number of rotatable bonds is 8. The maximum absolute atomic E-state index is 5.26. The van der Waals surface area contributed by atoms with E-state index in [1.807, 2.05) is 60.7 Å². The third-order valence-corrected chi connectivity index (χ3v) is 5.04. The van der Waals surface area contributed by atoms with Crippen molar-refractivity contribution in [2.45, 2.75) is 19.8 Å². The number of methoxy groups -OCH3 is 2. The van der Waals surface area contributed by atoms with Crippen LogP contribution in [0.5, 0.6) is 11.5 Å². The number of nitrogens with one attached hydrogen (secondary N) is 1. The monoisotopic (exact) mass is 426 g/mol. The van der Waals surface area contributed by atoms with E-state index in [1.54, 1.807) is 14.2 Å². The Morgan fingerprint density at radius 1 is 0.688 bits per heavy atom. The standard InChI is InChI=1S/C26H26N4O2/c1-18-5-4-6-21(15-18)27-26-29-24(16-19-7-11-22(31-2)12-8-19)28-25(30-26)17-20-9-13-23(32-3)14-10-20/h4-15H,16-17H2,1-3H3,(H,27,28,29,30). The fourth-order valence-electron chi connectivity index (χ4n) is 3.39. The first-order chi connectivity index (χ1) is 15.6. The van der Waals surface area contributed by atoms with E-state index in [4.69, 9.17) is 14.5 Å². The number of aromatic nitrogens is 3. The van der Waals surface area contributed by atoms with E-state index < -0.39 is 0 Å². The Morgan fingerprint density at radius 2 is 1.22 bits per heavy atom. The van der Waals surface area contributed by atoms with Gasteiger partial charge in [0.1, 0.15) is 23.1 Å². The summed E-state index contributed by atoms with van der Waals surface area (Å²) in [6.45, 7) is 2.06. The van der Waals surface area contributed by atoms with E-state index >= 15 is 0 Å². The van der Waals surface area contributed by atoms with Crippen molar-refractivity contribution in [1.29, 1.82) is 0 Å².